The number of fused-ring (bicyclic) bond motifs is 1. The van der Waals surface area contributed by atoms with Crippen molar-refractivity contribution in [1.82, 2.24) is 10.2 Å². The van der Waals surface area contributed by atoms with E-state index < -0.39 is 24.1 Å². The van der Waals surface area contributed by atoms with E-state index in [4.69, 9.17) is 4.74 Å². The molecule has 1 heterocycles. The van der Waals surface area contributed by atoms with Gasteiger partial charge in [-0.2, -0.15) is 0 Å². The summed E-state index contributed by atoms with van der Waals surface area (Å²) in [6, 6.07) is -1.92. The molecule has 2 fully saturated rings. The summed E-state index contributed by atoms with van der Waals surface area (Å²) in [6.45, 7) is 5.72. The fourth-order valence-electron chi connectivity index (χ4n) is 4.39. The van der Waals surface area contributed by atoms with Gasteiger partial charge in [0.25, 0.3) is 0 Å². The van der Waals surface area contributed by atoms with E-state index in [1.807, 2.05) is 6.92 Å². The van der Waals surface area contributed by atoms with Crippen LogP contribution in [0.4, 0.5) is 0 Å². The molecule has 0 bridgehead atoms. The maximum Gasteiger partial charge on any atom is 0.326 e. The van der Waals surface area contributed by atoms with E-state index in [9.17, 15) is 19.5 Å². The summed E-state index contributed by atoms with van der Waals surface area (Å²) in [6.07, 6.45) is 5.87. The van der Waals surface area contributed by atoms with Gasteiger partial charge in [-0.1, -0.05) is 26.2 Å². The van der Waals surface area contributed by atoms with Gasteiger partial charge in [-0.25, -0.2) is 4.79 Å². The number of likely N-dealkylation sites (tertiary alicyclic amines) is 1. The molecular formula is C19H32N2O5. The summed E-state index contributed by atoms with van der Waals surface area (Å²) < 4.78 is 5.09. The van der Waals surface area contributed by atoms with Crippen LogP contribution >= 0.6 is 0 Å². The van der Waals surface area contributed by atoms with E-state index >= 15 is 0 Å². The van der Waals surface area contributed by atoms with Crippen molar-refractivity contribution >= 4 is 17.8 Å². The monoisotopic (exact) mass is 368 g/mol. The first-order chi connectivity index (χ1) is 12.4. The highest BCUT2D eigenvalue weighted by Gasteiger charge is 2.48. The number of amides is 1. The van der Waals surface area contributed by atoms with Gasteiger partial charge in [-0.3, -0.25) is 14.9 Å². The average molecular weight is 368 g/mol. The molecule has 0 spiro atoms. The summed E-state index contributed by atoms with van der Waals surface area (Å²) in [4.78, 5) is 38.5. The quantitative estimate of drug-likeness (QED) is 0.636. The third-order valence-corrected chi connectivity index (χ3v) is 5.60. The van der Waals surface area contributed by atoms with Gasteiger partial charge >= 0.3 is 11.9 Å². The lowest BCUT2D eigenvalue weighted by molar-refractivity contribution is -0.152. The van der Waals surface area contributed by atoms with Crippen molar-refractivity contribution in [3.05, 3.63) is 0 Å². The van der Waals surface area contributed by atoms with E-state index in [1.165, 1.54) is 0 Å². The van der Waals surface area contributed by atoms with E-state index in [0.29, 0.717) is 19.4 Å². The predicted octanol–water partition coefficient (Wildman–Crippen LogP) is 1.94. The number of rotatable bonds is 8. The zero-order valence-corrected chi connectivity index (χ0v) is 16.1. The standard InChI is InChI=1S/C19H32N2O5/c1-4-8-14(19(25)26-5-2)20-12(3)17(22)21-15-10-7-6-9-13(15)11-16(21)18(23)24/h12-16,20H,4-11H2,1-3H3,(H,23,24)/t12?,13-,14?,15-,16-/m0/s1. The van der Waals surface area contributed by atoms with Crippen molar-refractivity contribution in [3.8, 4) is 0 Å². The lowest BCUT2D eigenvalue weighted by Crippen LogP contribution is -2.55. The maximum atomic E-state index is 13.1. The number of carbonyl (C=O) groups is 3. The molecular weight excluding hydrogens is 336 g/mol. The highest BCUT2D eigenvalue weighted by molar-refractivity contribution is 5.88. The van der Waals surface area contributed by atoms with Crippen molar-refractivity contribution in [1.29, 1.82) is 0 Å². The van der Waals surface area contributed by atoms with E-state index in [0.717, 1.165) is 32.1 Å². The second-order valence-electron chi connectivity index (χ2n) is 7.43. The number of hydrogen-bond acceptors (Lipinski definition) is 5. The van der Waals surface area contributed by atoms with Crippen LogP contribution in [-0.2, 0) is 19.1 Å². The van der Waals surface area contributed by atoms with Crippen LogP contribution in [0.15, 0.2) is 0 Å². The third-order valence-electron chi connectivity index (χ3n) is 5.60. The number of nitrogens with one attached hydrogen (secondary N) is 1. The van der Waals surface area contributed by atoms with Gasteiger partial charge in [0, 0.05) is 6.04 Å². The Morgan fingerprint density at radius 3 is 2.54 bits per heavy atom. The van der Waals surface area contributed by atoms with Crippen LogP contribution in [-0.4, -0.2) is 58.6 Å². The zero-order valence-electron chi connectivity index (χ0n) is 16.1. The van der Waals surface area contributed by atoms with Gasteiger partial charge in [0.1, 0.15) is 12.1 Å². The second-order valence-corrected chi connectivity index (χ2v) is 7.43. The largest absolute Gasteiger partial charge is 0.480 e. The van der Waals surface area contributed by atoms with Crippen molar-refractivity contribution in [2.24, 2.45) is 5.92 Å². The predicted molar refractivity (Wildman–Crippen MR) is 96.6 cm³/mol. The first kappa shape index (κ1) is 20.7. The average Bonchev–Trinajstić information content (AvgIpc) is 3.00. The third kappa shape index (κ3) is 4.55. The van der Waals surface area contributed by atoms with E-state index in [1.54, 1.807) is 18.7 Å². The Morgan fingerprint density at radius 1 is 1.23 bits per heavy atom. The summed E-state index contributed by atoms with van der Waals surface area (Å²) in [5.74, 6) is -1.24. The van der Waals surface area contributed by atoms with Gasteiger partial charge in [0.15, 0.2) is 0 Å². The molecule has 2 N–H and O–H groups in total. The molecule has 2 aliphatic rings. The van der Waals surface area contributed by atoms with Gasteiger partial charge in [-0.05, 0) is 45.4 Å². The normalized spacial score (nSPS) is 27.5. The molecule has 1 saturated carbocycles. The Kier molecular flexibility index (Phi) is 7.43. The Labute approximate surface area is 155 Å². The summed E-state index contributed by atoms with van der Waals surface area (Å²) in [5.41, 5.74) is 0. The molecule has 0 aromatic heterocycles. The SMILES string of the molecule is CCCC(NC(C)C(=O)N1[C@H](C(=O)O)C[C@@H]2CCCC[C@@H]21)C(=O)OCC. The fraction of sp³-hybridized carbons (Fsp3) is 0.842. The molecule has 1 amide bonds. The van der Waals surface area contributed by atoms with Gasteiger partial charge in [-0.15, -0.1) is 0 Å². The van der Waals surface area contributed by atoms with Crippen LogP contribution in [0, 0.1) is 5.92 Å². The number of ether oxygens (including phenoxy) is 1. The Balaban J connectivity index is 2.10. The minimum atomic E-state index is -0.935. The molecule has 7 nitrogen and oxygen atoms in total. The minimum absolute atomic E-state index is 0.00817. The van der Waals surface area contributed by atoms with Crippen molar-refractivity contribution < 1.29 is 24.2 Å². The van der Waals surface area contributed by atoms with E-state index in [-0.39, 0.29) is 23.8 Å². The maximum absolute atomic E-state index is 13.1. The first-order valence-corrected chi connectivity index (χ1v) is 9.88. The molecule has 5 atom stereocenters. The van der Waals surface area contributed by atoms with Crippen LogP contribution in [0.2, 0.25) is 0 Å². The van der Waals surface area contributed by atoms with E-state index in [2.05, 4.69) is 5.32 Å². The zero-order chi connectivity index (χ0) is 19.3. The van der Waals surface area contributed by atoms with Crippen LogP contribution in [0.25, 0.3) is 0 Å². The second kappa shape index (κ2) is 9.35. The Hall–Kier alpha value is -1.63. The fourth-order valence-corrected chi connectivity index (χ4v) is 4.39. The number of nitrogens with zero attached hydrogens (tertiary/aromatic N) is 1. The number of aliphatic carboxylic acids is 1. The molecule has 1 aliphatic carbocycles. The summed E-state index contributed by atoms with van der Waals surface area (Å²) in [5, 5.41) is 12.7. The van der Waals surface area contributed by atoms with Crippen molar-refractivity contribution in [3.63, 3.8) is 0 Å². The summed E-state index contributed by atoms with van der Waals surface area (Å²) >= 11 is 0. The molecule has 148 valence electrons. The smallest absolute Gasteiger partial charge is 0.326 e. The molecule has 0 radical (unpaired) electrons. The van der Waals surface area contributed by atoms with Crippen LogP contribution in [0.1, 0.15) is 65.7 Å². The minimum Gasteiger partial charge on any atom is -0.480 e. The summed E-state index contributed by atoms with van der Waals surface area (Å²) in [7, 11) is 0. The number of carbonyl (C=O) groups excluding carboxylic acids is 2. The molecule has 26 heavy (non-hydrogen) atoms. The Morgan fingerprint density at radius 2 is 1.92 bits per heavy atom. The highest BCUT2D eigenvalue weighted by Crippen LogP contribution is 2.40. The lowest BCUT2D eigenvalue weighted by Gasteiger charge is -2.35. The first-order valence-electron chi connectivity index (χ1n) is 9.88. The lowest BCUT2D eigenvalue weighted by atomic mass is 9.84. The number of carboxylic acid groups (broad SMARTS) is 1. The number of esters is 1. The van der Waals surface area contributed by atoms with Crippen LogP contribution in [0.3, 0.4) is 0 Å². The molecule has 1 aliphatic heterocycles. The topological polar surface area (TPSA) is 95.9 Å². The Bertz CT molecular complexity index is 524. The molecule has 2 rings (SSSR count). The number of hydrogen-bond donors (Lipinski definition) is 2. The molecule has 7 heteroatoms. The molecule has 0 aromatic rings. The van der Waals surface area contributed by atoms with Gasteiger partial charge in [0.05, 0.1) is 12.6 Å². The molecule has 2 unspecified atom stereocenters. The highest BCUT2D eigenvalue weighted by atomic mass is 16.5. The van der Waals surface area contributed by atoms with Gasteiger partial charge < -0.3 is 14.7 Å². The number of carboxylic acids is 1. The van der Waals surface area contributed by atoms with Crippen LogP contribution < -0.4 is 5.32 Å². The molecule has 1 saturated heterocycles. The van der Waals surface area contributed by atoms with Crippen molar-refractivity contribution in [2.75, 3.05) is 6.61 Å². The van der Waals surface area contributed by atoms with Crippen LogP contribution in [0.5, 0.6) is 0 Å². The van der Waals surface area contributed by atoms with Gasteiger partial charge in [0.2, 0.25) is 5.91 Å². The van der Waals surface area contributed by atoms with Crippen molar-refractivity contribution in [2.45, 2.75) is 89.9 Å². The molecule has 0 aromatic carbocycles.